The number of hydrogen-bond donors (Lipinski definition) is 0. The normalized spacial score (nSPS) is 13.6. The molecule has 0 aromatic carbocycles. The Hall–Kier alpha value is -1.64. The summed E-state index contributed by atoms with van der Waals surface area (Å²) in [5.41, 5.74) is 2.78. The number of ether oxygens (including phenoxy) is 3. The van der Waals surface area contributed by atoms with Crippen molar-refractivity contribution >= 4 is 0 Å². The fourth-order valence-corrected chi connectivity index (χ4v) is 2.25. The fourth-order valence-electron chi connectivity index (χ4n) is 2.25. The minimum atomic E-state index is 0.393. The van der Waals surface area contributed by atoms with Crippen molar-refractivity contribution in [1.82, 2.24) is 4.98 Å². The minimum absolute atomic E-state index is 0.393. The summed E-state index contributed by atoms with van der Waals surface area (Å²) >= 11 is 0. The van der Waals surface area contributed by atoms with Crippen molar-refractivity contribution in [3.05, 3.63) is 22.9 Å². The number of aromatic nitrogens is 1. The number of rotatable bonds is 7. The molecule has 5 heteroatoms. The molecule has 0 fully saturated rings. The van der Waals surface area contributed by atoms with Crippen LogP contribution in [-0.2, 0) is 22.3 Å². The van der Waals surface area contributed by atoms with Crippen molar-refractivity contribution in [2.75, 3.05) is 33.5 Å². The number of hydrogen-bond acceptors (Lipinski definition) is 5. The Morgan fingerprint density at radius 2 is 2.00 bits per heavy atom. The number of methoxy groups -OCH3 is 1. The van der Waals surface area contributed by atoms with Gasteiger partial charge in [0.2, 0.25) is 5.88 Å². The van der Waals surface area contributed by atoms with Crippen LogP contribution in [0.5, 0.6) is 5.88 Å². The van der Waals surface area contributed by atoms with Gasteiger partial charge in [-0.3, -0.25) is 0 Å². The lowest BCUT2D eigenvalue weighted by Crippen LogP contribution is -2.13. The maximum absolute atomic E-state index is 9.17. The highest BCUT2D eigenvalue weighted by molar-refractivity contribution is 5.43. The predicted octanol–water partition coefficient (Wildman–Crippen LogP) is 1.87. The molecule has 0 unspecified atom stereocenters. The summed E-state index contributed by atoms with van der Waals surface area (Å²) in [6.45, 7) is 1.97. The van der Waals surface area contributed by atoms with Crippen LogP contribution in [-0.4, -0.2) is 38.5 Å². The van der Waals surface area contributed by atoms with Gasteiger partial charge >= 0.3 is 0 Å². The van der Waals surface area contributed by atoms with E-state index in [2.05, 4.69) is 11.1 Å². The Morgan fingerprint density at radius 3 is 2.80 bits per heavy atom. The van der Waals surface area contributed by atoms with Gasteiger partial charge in [-0.1, -0.05) is 0 Å². The first-order valence-corrected chi connectivity index (χ1v) is 6.97. The van der Waals surface area contributed by atoms with Crippen LogP contribution in [0.25, 0.3) is 0 Å². The second-order valence-electron chi connectivity index (χ2n) is 4.72. The standard InChI is InChI=1S/C15H20N2O3/c1-18-6-7-19-8-9-20-15-13(11-16)10-12-4-2-3-5-14(12)17-15/h10H,2-9H2,1H3. The lowest BCUT2D eigenvalue weighted by atomic mass is 9.95. The van der Waals surface area contributed by atoms with E-state index in [1.807, 2.05) is 6.07 Å². The zero-order chi connectivity index (χ0) is 14.2. The molecule has 0 saturated carbocycles. The van der Waals surface area contributed by atoms with Gasteiger partial charge in [0, 0.05) is 12.8 Å². The van der Waals surface area contributed by atoms with Crippen molar-refractivity contribution in [2.45, 2.75) is 25.7 Å². The van der Waals surface area contributed by atoms with Crippen LogP contribution in [0.1, 0.15) is 29.7 Å². The van der Waals surface area contributed by atoms with Gasteiger partial charge in [-0.15, -0.1) is 0 Å². The summed E-state index contributed by atoms with van der Waals surface area (Å²) in [5.74, 6) is 0.434. The second-order valence-corrected chi connectivity index (χ2v) is 4.72. The molecule has 0 saturated heterocycles. The third-order valence-corrected chi connectivity index (χ3v) is 3.28. The predicted molar refractivity (Wildman–Crippen MR) is 73.8 cm³/mol. The fraction of sp³-hybridized carbons (Fsp3) is 0.600. The monoisotopic (exact) mass is 276 g/mol. The molecule has 0 atom stereocenters. The first-order chi connectivity index (χ1) is 9.85. The van der Waals surface area contributed by atoms with E-state index in [1.54, 1.807) is 7.11 Å². The van der Waals surface area contributed by atoms with Crippen LogP contribution in [0.15, 0.2) is 6.07 Å². The summed E-state index contributed by atoms with van der Waals surface area (Å²) in [6, 6.07) is 4.08. The number of nitrogens with zero attached hydrogens (tertiary/aromatic N) is 2. The van der Waals surface area contributed by atoms with E-state index in [0.717, 1.165) is 25.0 Å². The molecule has 1 aliphatic rings. The van der Waals surface area contributed by atoms with Gasteiger partial charge in [0.15, 0.2) is 0 Å². The SMILES string of the molecule is COCCOCCOc1nc2c(cc1C#N)CCCC2. The van der Waals surface area contributed by atoms with Gasteiger partial charge in [0.1, 0.15) is 18.2 Å². The summed E-state index contributed by atoms with van der Waals surface area (Å²) in [4.78, 5) is 4.49. The molecule has 0 aliphatic heterocycles. The molecule has 0 radical (unpaired) electrons. The lowest BCUT2D eigenvalue weighted by Gasteiger charge is -2.16. The highest BCUT2D eigenvalue weighted by atomic mass is 16.5. The number of nitriles is 1. The third-order valence-electron chi connectivity index (χ3n) is 3.28. The van der Waals surface area contributed by atoms with Crippen LogP contribution in [0.4, 0.5) is 0 Å². The molecule has 1 aromatic heterocycles. The minimum Gasteiger partial charge on any atom is -0.474 e. The average molecular weight is 276 g/mol. The molecule has 5 nitrogen and oxygen atoms in total. The van der Waals surface area contributed by atoms with E-state index >= 15 is 0 Å². The molecule has 108 valence electrons. The molecule has 0 amide bonds. The summed E-state index contributed by atoms with van der Waals surface area (Å²) in [6.07, 6.45) is 4.32. The Kier molecular flexibility index (Phi) is 5.78. The van der Waals surface area contributed by atoms with E-state index in [4.69, 9.17) is 14.2 Å². The highest BCUT2D eigenvalue weighted by Crippen LogP contribution is 2.25. The topological polar surface area (TPSA) is 64.4 Å². The third kappa shape index (κ3) is 3.92. The van der Waals surface area contributed by atoms with Crippen LogP contribution < -0.4 is 4.74 Å². The molecular weight excluding hydrogens is 256 g/mol. The summed E-state index contributed by atoms with van der Waals surface area (Å²) < 4.78 is 15.8. The van der Waals surface area contributed by atoms with Gasteiger partial charge in [-0.2, -0.15) is 5.26 Å². The molecule has 0 bridgehead atoms. The van der Waals surface area contributed by atoms with Crippen LogP contribution in [0, 0.1) is 11.3 Å². The lowest BCUT2D eigenvalue weighted by molar-refractivity contribution is 0.0536. The largest absolute Gasteiger partial charge is 0.474 e. The smallest absolute Gasteiger partial charge is 0.232 e. The Balaban J connectivity index is 1.91. The van der Waals surface area contributed by atoms with E-state index in [9.17, 15) is 5.26 Å². The molecular formula is C15H20N2O3. The van der Waals surface area contributed by atoms with E-state index in [-0.39, 0.29) is 0 Å². The molecule has 1 aliphatic carbocycles. The van der Waals surface area contributed by atoms with Crippen molar-refractivity contribution < 1.29 is 14.2 Å². The zero-order valence-corrected chi connectivity index (χ0v) is 11.9. The first kappa shape index (κ1) is 14.8. The first-order valence-electron chi connectivity index (χ1n) is 6.97. The summed E-state index contributed by atoms with van der Waals surface area (Å²) in [7, 11) is 1.64. The van der Waals surface area contributed by atoms with Gasteiger partial charge in [-0.25, -0.2) is 4.98 Å². The van der Waals surface area contributed by atoms with E-state index < -0.39 is 0 Å². The molecule has 0 spiro atoms. The van der Waals surface area contributed by atoms with Crippen LogP contribution >= 0.6 is 0 Å². The Morgan fingerprint density at radius 1 is 1.20 bits per heavy atom. The van der Waals surface area contributed by atoms with Gasteiger partial charge in [0.05, 0.1) is 19.8 Å². The van der Waals surface area contributed by atoms with Crippen molar-refractivity contribution in [3.63, 3.8) is 0 Å². The number of aryl methyl sites for hydroxylation is 2. The molecule has 2 rings (SSSR count). The molecule has 0 N–H and O–H groups in total. The maximum Gasteiger partial charge on any atom is 0.232 e. The molecule has 1 aromatic rings. The Bertz CT molecular complexity index is 483. The number of fused-ring (bicyclic) bond motifs is 1. The Labute approximate surface area is 119 Å². The van der Waals surface area contributed by atoms with Gasteiger partial charge in [0.25, 0.3) is 0 Å². The molecule has 1 heterocycles. The number of pyridine rings is 1. The van der Waals surface area contributed by atoms with Gasteiger partial charge < -0.3 is 14.2 Å². The quantitative estimate of drug-likeness (QED) is 0.711. The second kappa shape index (κ2) is 7.83. The maximum atomic E-state index is 9.17. The van der Waals surface area contributed by atoms with Crippen molar-refractivity contribution in [1.29, 1.82) is 5.26 Å². The van der Waals surface area contributed by atoms with Crippen LogP contribution in [0.3, 0.4) is 0 Å². The van der Waals surface area contributed by atoms with Crippen molar-refractivity contribution in [2.24, 2.45) is 0 Å². The van der Waals surface area contributed by atoms with E-state index in [1.165, 1.54) is 12.0 Å². The average Bonchev–Trinajstić information content (AvgIpc) is 2.50. The highest BCUT2D eigenvalue weighted by Gasteiger charge is 2.15. The van der Waals surface area contributed by atoms with E-state index in [0.29, 0.717) is 37.9 Å². The van der Waals surface area contributed by atoms with Crippen LogP contribution in [0.2, 0.25) is 0 Å². The van der Waals surface area contributed by atoms with Crippen molar-refractivity contribution in [3.8, 4) is 11.9 Å². The zero-order valence-electron chi connectivity index (χ0n) is 11.9. The summed E-state index contributed by atoms with van der Waals surface area (Å²) in [5, 5.41) is 9.17. The van der Waals surface area contributed by atoms with Gasteiger partial charge in [-0.05, 0) is 37.3 Å². The molecule has 20 heavy (non-hydrogen) atoms.